The van der Waals surface area contributed by atoms with Gasteiger partial charge in [0, 0.05) is 23.3 Å². The summed E-state index contributed by atoms with van der Waals surface area (Å²) < 4.78 is 0. The minimum Gasteiger partial charge on any atom is -0.267 e. The van der Waals surface area contributed by atoms with Crippen molar-refractivity contribution in [1.29, 1.82) is 0 Å². The van der Waals surface area contributed by atoms with Gasteiger partial charge in [-0.1, -0.05) is 47.5 Å². The fraction of sp³-hybridized carbons (Fsp3) is 0.0435. The number of nitrogens with zero attached hydrogens (tertiary/aromatic N) is 3. The maximum absolute atomic E-state index is 13.0. The third-order valence-corrected chi connectivity index (χ3v) is 5.32. The van der Waals surface area contributed by atoms with Crippen LogP contribution in [0.25, 0.3) is 22.2 Å². The van der Waals surface area contributed by atoms with Crippen LogP contribution in [0.5, 0.6) is 0 Å². The summed E-state index contributed by atoms with van der Waals surface area (Å²) in [6.45, 7) is 1.78. The topological polar surface area (TPSA) is 67.2 Å². The Labute approximate surface area is 183 Å². The van der Waals surface area contributed by atoms with Crippen molar-refractivity contribution < 1.29 is 4.79 Å². The highest BCUT2D eigenvalue weighted by Crippen LogP contribution is 2.25. The van der Waals surface area contributed by atoms with Crippen LogP contribution in [0.15, 0.2) is 78.2 Å². The number of rotatable bonds is 4. The van der Waals surface area contributed by atoms with Crippen LogP contribution in [-0.2, 0) is 0 Å². The van der Waals surface area contributed by atoms with Gasteiger partial charge in [-0.3, -0.25) is 9.78 Å². The second-order valence-corrected chi connectivity index (χ2v) is 7.40. The second kappa shape index (κ2) is 8.61. The highest BCUT2D eigenvalue weighted by molar-refractivity contribution is 6.42. The first-order valence-corrected chi connectivity index (χ1v) is 9.89. The van der Waals surface area contributed by atoms with E-state index in [1.807, 2.05) is 36.4 Å². The predicted octanol–water partition coefficient (Wildman–Crippen LogP) is 5.76. The number of fused-ring (bicyclic) bond motifs is 1. The van der Waals surface area contributed by atoms with Gasteiger partial charge in [0.2, 0.25) is 0 Å². The van der Waals surface area contributed by atoms with E-state index in [0.717, 1.165) is 16.5 Å². The predicted molar refractivity (Wildman–Crippen MR) is 121 cm³/mol. The molecule has 0 atom stereocenters. The number of para-hydroxylation sites is 1. The third-order valence-electron chi connectivity index (χ3n) is 4.58. The van der Waals surface area contributed by atoms with Crippen LogP contribution >= 0.6 is 23.2 Å². The van der Waals surface area contributed by atoms with E-state index in [2.05, 4.69) is 20.5 Å². The number of halogens is 2. The molecule has 0 spiro atoms. The summed E-state index contributed by atoms with van der Waals surface area (Å²) in [6, 6.07) is 18.2. The molecule has 2 heterocycles. The number of nitrogens with one attached hydrogen (secondary N) is 1. The van der Waals surface area contributed by atoms with Crippen LogP contribution in [-0.4, -0.2) is 21.6 Å². The van der Waals surface area contributed by atoms with Crippen LogP contribution in [0.4, 0.5) is 0 Å². The quantitative estimate of drug-likeness (QED) is 0.328. The zero-order chi connectivity index (χ0) is 21.1. The van der Waals surface area contributed by atoms with E-state index in [0.29, 0.717) is 32.5 Å². The average Bonchev–Trinajstić information content (AvgIpc) is 2.78. The molecule has 2 aromatic heterocycles. The largest absolute Gasteiger partial charge is 0.272 e. The van der Waals surface area contributed by atoms with Crippen molar-refractivity contribution in [1.82, 2.24) is 15.4 Å². The molecule has 1 N–H and O–H groups in total. The van der Waals surface area contributed by atoms with Gasteiger partial charge in [-0.05, 0) is 48.9 Å². The van der Waals surface area contributed by atoms with Gasteiger partial charge in [-0.25, -0.2) is 10.4 Å². The molecule has 7 heteroatoms. The minimum atomic E-state index is -0.335. The van der Waals surface area contributed by atoms with E-state index < -0.39 is 0 Å². The van der Waals surface area contributed by atoms with Gasteiger partial charge < -0.3 is 0 Å². The van der Waals surface area contributed by atoms with E-state index in [1.54, 1.807) is 43.6 Å². The van der Waals surface area contributed by atoms with E-state index in [9.17, 15) is 4.79 Å². The maximum atomic E-state index is 13.0. The lowest BCUT2D eigenvalue weighted by atomic mass is 10.0. The number of benzene rings is 2. The molecule has 5 nitrogen and oxygen atoms in total. The van der Waals surface area contributed by atoms with E-state index in [-0.39, 0.29) is 5.91 Å². The van der Waals surface area contributed by atoms with Gasteiger partial charge >= 0.3 is 0 Å². The van der Waals surface area contributed by atoms with Crippen LogP contribution in [0.1, 0.15) is 22.8 Å². The molecular weight excluding hydrogens is 419 g/mol. The lowest BCUT2D eigenvalue weighted by molar-refractivity contribution is 0.0956. The van der Waals surface area contributed by atoms with Crippen molar-refractivity contribution >= 4 is 45.7 Å². The van der Waals surface area contributed by atoms with E-state index in [1.165, 1.54) is 0 Å². The van der Waals surface area contributed by atoms with Crippen LogP contribution in [0.2, 0.25) is 10.0 Å². The fourth-order valence-corrected chi connectivity index (χ4v) is 3.30. The Morgan fingerprint density at radius 2 is 1.83 bits per heavy atom. The Hall–Kier alpha value is -3.28. The summed E-state index contributed by atoms with van der Waals surface area (Å²) in [5, 5.41) is 5.86. The molecule has 0 unspecified atom stereocenters. The highest BCUT2D eigenvalue weighted by Gasteiger charge is 2.14. The van der Waals surface area contributed by atoms with Crippen molar-refractivity contribution in [2.24, 2.45) is 5.10 Å². The Balaban J connectivity index is 1.69. The average molecular weight is 435 g/mol. The molecule has 0 radical (unpaired) electrons. The summed E-state index contributed by atoms with van der Waals surface area (Å²) >= 11 is 12.0. The van der Waals surface area contributed by atoms with Gasteiger partial charge in [-0.15, -0.1) is 0 Å². The molecule has 4 rings (SSSR count). The number of pyridine rings is 2. The highest BCUT2D eigenvalue weighted by atomic mass is 35.5. The number of carbonyl (C=O) groups excluding carboxylic acids is 1. The molecule has 0 saturated carbocycles. The molecule has 4 aromatic rings. The molecule has 0 aliphatic rings. The fourth-order valence-electron chi connectivity index (χ4n) is 3.01. The minimum absolute atomic E-state index is 0.335. The van der Waals surface area contributed by atoms with Crippen molar-refractivity contribution in [3.05, 3.63) is 94.2 Å². The first kappa shape index (κ1) is 20.0. The Morgan fingerprint density at radius 3 is 2.60 bits per heavy atom. The SMILES string of the molecule is CC(=NNC(=O)c1cc(-c2cccnc2)nc2ccccc12)c1ccc(Cl)c(Cl)c1. The van der Waals surface area contributed by atoms with Crippen molar-refractivity contribution in [3.8, 4) is 11.3 Å². The summed E-state index contributed by atoms with van der Waals surface area (Å²) in [5.41, 5.74) is 6.68. The molecule has 0 aliphatic heterocycles. The lowest BCUT2D eigenvalue weighted by Gasteiger charge is -2.09. The molecule has 0 aliphatic carbocycles. The van der Waals surface area contributed by atoms with Crippen LogP contribution < -0.4 is 5.43 Å². The van der Waals surface area contributed by atoms with Gasteiger partial charge in [0.05, 0.1) is 32.5 Å². The Morgan fingerprint density at radius 1 is 1.00 bits per heavy atom. The number of amides is 1. The van der Waals surface area contributed by atoms with Crippen LogP contribution in [0, 0.1) is 0 Å². The van der Waals surface area contributed by atoms with Gasteiger partial charge in [0.25, 0.3) is 5.91 Å². The molecule has 30 heavy (non-hydrogen) atoms. The van der Waals surface area contributed by atoms with E-state index in [4.69, 9.17) is 23.2 Å². The van der Waals surface area contributed by atoms with Gasteiger partial charge in [0.15, 0.2) is 0 Å². The van der Waals surface area contributed by atoms with Crippen molar-refractivity contribution in [2.75, 3.05) is 0 Å². The van der Waals surface area contributed by atoms with Crippen molar-refractivity contribution in [3.63, 3.8) is 0 Å². The van der Waals surface area contributed by atoms with Gasteiger partial charge in [0.1, 0.15) is 0 Å². The maximum Gasteiger partial charge on any atom is 0.272 e. The number of aromatic nitrogens is 2. The Bertz CT molecular complexity index is 1270. The lowest BCUT2D eigenvalue weighted by Crippen LogP contribution is -2.20. The van der Waals surface area contributed by atoms with Crippen molar-refractivity contribution in [2.45, 2.75) is 6.92 Å². The Kier molecular flexibility index (Phi) is 5.74. The molecule has 2 aromatic carbocycles. The normalized spacial score (nSPS) is 11.5. The number of hydrazone groups is 1. The first-order chi connectivity index (χ1) is 14.5. The number of hydrogen-bond acceptors (Lipinski definition) is 4. The summed E-state index contributed by atoms with van der Waals surface area (Å²) in [4.78, 5) is 21.8. The smallest absolute Gasteiger partial charge is 0.267 e. The number of carbonyl (C=O) groups is 1. The number of hydrogen-bond donors (Lipinski definition) is 1. The first-order valence-electron chi connectivity index (χ1n) is 9.13. The summed E-state index contributed by atoms with van der Waals surface area (Å²) in [6.07, 6.45) is 3.41. The molecule has 1 amide bonds. The summed E-state index contributed by atoms with van der Waals surface area (Å²) in [7, 11) is 0. The van der Waals surface area contributed by atoms with Gasteiger partial charge in [-0.2, -0.15) is 5.10 Å². The zero-order valence-corrected chi connectivity index (χ0v) is 17.4. The van der Waals surface area contributed by atoms with Crippen LogP contribution in [0.3, 0.4) is 0 Å². The molecule has 0 bridgehead atoms. The second-order valence-electron chi connectivity index (χ2n) is 6.58. The molecular formula is C23H16Cl2N4O. The standard InChI is InChI=1S/C23H16Cl2N4O/c1-14(15-8-9-19(24)20(25)11-15)28-29-23(30)18-12-22(16-5-4-10-26-13-16)27-21-7-3-2-6-17(18)21/h2-13H,1H3,(H,29,30). The third kappa shape index (κ3) is 4.17. The van der Waals surface area contributed by atoms with E-state index >= 15 is 0 Å². The summed E-state index contributed by atoms with van der Waals surface area (Å²) in [5.74, 6) is -0.335. The monoisotopic (exact) mass is 434 g/mol. The molecule has 0 saturated heterocycles. The molecule has 148 valence electrons. The molecule has 0 fully saturated rings. The zero-order valence-electron chi connectivity index (χ0n) is 15.9.